The first kappa shape index (κ1) is 25.1. The van der Waals surface area contributed by atoms with Gasteiger partial charge in [-0.2, -0.15) is 0 Å². The van der Waals surface area contributed by atoms with Crippen LogP contribution in [0.5, 0.6) is 5.75 Å². The van der Waals surface area contributed by atoms with Gasteiger partial charge in [0.25, 0.3) is 5.91 Å². The van der Waals surface area contributed by atoms with E-state index in [2.05, 4.69) is 5.32 Å². The van der Waals surface area contributed by atoms with Crippen LogP contribution in [0.1, 0.15) is 46.9 Å². The second kappa shape index (κ2) is 10.3. The second-order valence-corrected chi connectivity index (χ2v) is 11.3. The van der Waals surface area contributed by atoms with Crippen molar-refractivity contribution in [2.75, 3.05) is 31.8 Å². The number of sulfone groups is 1. The Morgan fingerprint density at radius 1 is 1.17 bits per heavy atom. The minimum Gasteiger partial charge on any atom is -0.508 e. The summed E-state index contributed by atoms with van der Waals surface area (Å²) in [5.74, 6) is -0.742. The summed E-state index contributed by atoms with van der Waals surface area (Å²) in [6.07, 6.45) is 2.91. The Hall–Kier alpha value is -3.04. The SMILES string of the molecule is Cc1cc(-c2c(C3CCOCC3)nc(C(=O)NCCCS(C)(=O)=O)c3cc(O)ccc23)ccc1F. The number of fused-ring (bicyclic) bond motifs is 1. The fraction of sp³-hybridized carbons (Fsp3) is 0.385. The number of aryl methyl sites for hydroxylation is 1. The predicted octanol–water partition coefficient (Wildman–Crippen LogP) is 4.11. The summed E-state index contributed by atoms with van der Waals surface area (Å²) in [5, 5.41) is 14.2. The number of nitrogens with one attached hydrogen (secondary N) is 1. The van der Waals surface area contributed by atoms with Gasteiger partial charge in [0.15, 0.2) is 0 Å². The molecule has 1 fully saturated rings. The fourth-order valence-electron chi connectivity index (χ4n) is 4.48. The number of carbonyl (C=O) groups is 1. The Bertz CT molecular complexity index is 1370. The number of phenolic OH excluding ortho intramolecular Hbond substituents is 1. The van der Waals surface area contributed by atoms with Crippen molar-refractivity contribution in [1.29, 1.82) is 0 Å². The van der Waals surface area contributed by atoms with Crippen LogP contribution < -0.4 is 5.32 Å². The molecule has 0 unspecified atom stereocenters. The van der Waals surface area contributed by atoms with E-state index < -0.39 is 15.7 Å². The third-order valence-electron chi connectivity index (χ3n) is 6.26. The van der Waals surface area contributed by atoms with Crippen LogP contribution in [-0.2, 0) is 14.6 Å². The smallest absolute Gasteiger partial charge is 0.270 e. The molecule has 7 nitrogen and oxygen atoms in total. The van der Waals surface area contributed by atoms with Gasteiger partial charge in [0.05, 0.1) is 11.4 Å². The molecule has 0 aliphatic carbocycles. The predicted molar refractivity (Wildman–Crippen MR) is 133 cm³/mol. The van der Waals surface area contributed by atoms with Crippen molar-refractivity contribution in [3.05, 3.63) is 59.2 Å². The number of carbonyl (C=O) groups excluding carboxylic acids is 1. The first-order chi connectivity index (χ1) is 16.6. The molecule has 2 N–H and O–H groups in total. The van der Waals surface area contributed by atoms with Crippen molar-refractivity contribution in [3.8, 4) is 16.9 Å². The topological polar surface area (TPSA) is 106 Å². The van der Waals surface area contributed by atoms with Gasteiger partial charge >= 0.3 is 0 Å². The second-order valence-electron chi connectivity index (χ2n) is 9.04. The number of aromatic hydroxyl groups is 1. The third-order valence-corrected chi connectivity index (χ3v) is 7.29. The standard InChI is InChI=1S/C26H29FN2O5S/c1-16-14-18(4-7-22(16)27)23-20-6-5-19(30)15-21(20)25(26(31)28-10-3-13-35(2,32)33)29-24(23)17-8-11-34-12-9-17/h4-7,14-15,17,30H,3,8-13H2,1-2H3,(H,28,31). The number of aromatic nitrogens is 1. The molecule has 1 saturated heterocycles. The van der Waals surface area contributed by atoms with Crippen molar-refractivity contribution < 1.29 is 27.4 Å². The van der Waals surface area contributed by atoms with Crippen molar-refractivity contribution in [1.82, 2.24) is 10.3 Å². The lowest BCUT2D eigenvalue weighted by atomic mass is 9.86. The highest BCUT2D eigenvalue weighted by atomic mass is 32.2. The van der Waals surface area contributed by atoms with Gasteiger partial charge in [-0.3, -0.25) is 4.79 Å². The normalized spacial score (nSPS) is 14.8. The third kappa shape index (κ3) is 5.79. The van der Waals surface area contributed by atoms with Gasteiger partial charge < -0.3 is 15.2 Å². The molecule has 3 aromatic rings. The summed E-state index contributed by atoms with van der Waals surface area (Å²) >= 11 is 0. The molecule has 2 aromatic carbocycles. The van der Waals surface area contributed by atoms with Crippen LogP contribution >= 0.6 is 0 Å². The number of hydrogen-bond donors (Lipinski definition) is 2. The van der Waals surface area contributed by atoms with E-state index in [1.807, 2.05) is 0 Å². The lowest BCUT2D eigenvalue weighted by Crippen LogP contribution is -2.28. The number of benzene rings is 2. The lowest BCUT2D eigenvalue weighted by Gasteiger charge is -2.26. The van der Waals surface area contributed by atoms with E-state index in [1.54, 1.807) is 31.2 Å². The summed E-state index contributed by atoms with van der Waals surface area (Å²) < 4.78 is 42.4. The van der Waals surface area contributed by atoms with Crippen LogP contribution in [0.15, 0.2) is 36.4 Å². The lowest BCUT2D eigenvalue weighted by molar-refractivity contribution is 0.0845. The quantitative estimate of drug-likeness (QED) is 0.473. The number of halogens is 1. The number of hydrogen-bond acceptors (Lipinski definition) is 6. The molecule has 1 aromatic heterocycles. The van der Waals surface area contributed by atoms with Crippen molar-refractivity contribution in [3.63, 3.8) is 0 Å². The molecule has 1 aliphatic heterocycles. The van der Waals surface area contributed by atoms with Gasteiger partial charge in [-0.15, -0.1) is 0 Å². The van der Waals surface area contributed by atoms with E-state index in [4.69, 9.17) is 9.72 Å². The molecule has 0 radical (unpaired) electrons. The van der Waals surface area contributed by atoms with Gasteiger partial charge in [0, 0.05) is 42.9 Å². The molecular formula is C26H29FN2O5S. The highest BCUT2D eigenvalue weighted by Gasteiger charge is 2.26. The summed E-state index contributed by atoms with van der Waals surface area (Å²) in [4.78, 5) is 18.0. The number of ether oxygens (including phenoxy) is 1. The van der Waals surface area contributed by atoms with Gasteiger partial charge in [-0.25, -0.2) is 17.8 Å². The van der Waals surface area contributed by atoms with Gasteiger partial charge in [-0.05, 0) is 73.0 Å². The Morgan fingerprint density at radius 3 is 2.60 bits per heavy atom. The van der Waals surface area contributed by atoms with Gasteiger partial charge in [0.2, 0.25) is 0 Å². The molecule has 0 bridgehead atoms. The van der Waals surface area contributed by atoms with E-state index in [0.717, 1.165) is 41.3 Å². The van der Waals surface area contributed by atoms with Crippen molar-refractivity contribution in [2.45, 2.75) is 32.1 Å². The van der Waals surface area contributed by atoms with Crippen molar-refractivity contribution in [2.24, 2.45) is 0 Å². The van der Waals surface area contributed by atoms with Crippen LogP contribution in [-0.4, -0.2) is 56.2 Å². The van der Waals surface area contributed by atoms with Crippen LogP contribution in [0.2, 0.25) is 0 Å². The Kier molecular flexibility index (Phi) is 7.37. The number of pyridine rings is 1. The maximum absolute atomic E-state index is 14.1. The summed E-state index contributed by atoms with van der Waals surface area (Å²) in [5.41, 5.74) is 3.00. The van der Waals surface area contributed by atoms with Gasteiger partial charge in [0.1, 0.15) is 27.1 Å². The minimum atomic E-state index is -3.13. The molecule has 35 heavy (non-hydrogen) atoms. The summed E-state index contributed by atoms with van der Waals surface area (Å²) in [7, 11) is -3.13. The Balaban J connectivity index is 1.85. The zero-order valence-corrected chi connectivity index (χ0v) is 20.6. The van der Waals surface area contributed by atoms with E-state index in [-0.39, 0.29) is 41.9 Å². The molecule has 4 rings (SSSR count). The van der Waals surface area contributed by atoms with E-state index in [9.17, 15) is 22.7 Å². The number of nitrogens with zero attached hydrogens (tertiary/aromatic N) is 1. The van der Waals surface area contributed by atoms with E-state index in [0.29, 0.717) is 24.2 Å². The molecule has 0 spiro atoms. The minimum absolute atomic E-state index is 0.00882. The van der Waals surface area contributed by atoms with Crippen LogP contribution in [0, 0.1) is 12.7 Å². The first-order valence-electron chi connectivity index (χ1n) is 11.6. The molecule has 1 amide bonds. The Morgan fingerprint density at radius 2 is 1.91 bits per heavy atom. The zero-order chi connectivity index (χ0) is 25.2. The number of phenols is 1. The number of rotatable bonds is 7. The van der Waals surface area contributed by atoms with Crippen molar-refractivity contribution >= 4 is 26.5 Å². The summed E-state index contributed by atoms with van der Waals surface area (Å²) in [6.45, 7) is 3.04. The Labute approximate surface area is 204 Å². The molecule has 0 atom stereocenters. The monoisotopic (exact) mass is 500 g/mol. The van der Waals surface area contributed by atoms with Crippen LogP contribution in [0.4, 0.5) is 4.39 Å². The molecule has 1 aliphatic rings. The number of amides is 1. The molecule has 9 heteroatoms. The van der Waals surface area contributed by atoms with Crippen LogP contribution in [0.3, 0.4) is 0 Å². The highest BCUT2D eigenvalue weighted by Crippen LogP contribution is 2.40. The largest absolute Gasteiger partial charge is 0.508 e. The zero-order valence-electron chi connectivity index (χ0n) is 19.8. The van der Waals surface area contributed by atoms with E-state index in [1.165, 1.54) is 12.1 Å². The van der Waals surface area contributed by atoms with Crippen LogP contribution in [0.25, 0.3) is 21.9 Å². The maximum Gasteiger partial charge on any atom is 0.270 e. The molecule has 0 saturated carbocycles. The highest BCUT2D eigenvalue weighted by molar-refractivity contribution is 7.90. The molecule has 186 valence electrons. The molecular weight excluding hydrogens is 471 g/mol. The summed E-state index contributed by atoms with van der Waals surface area (Å²) in [6, 6.07) is 9.72. The average molecular weight is 501 g/mol. The van der Waals surface area contributed by atoms with Gasteiger partial charge in [-0.1, -0.05) is 6.07 Å². The molecule has 2 heterocycles. The average Bonchev–Trinajstić information content (AvgIpc) is 2.82. The fourth-order valence-corrected chi connectivity index (χ4v) is 5.15. The maximum atomic E-state index is 14.1. The first-order valence-corrected chi connectivity index (χ1v) is 13.7. The van der Waals surface area contributed by atoms with E-state index >= 15 is 0 Å².